The summed E-state index contributed by atoms with van der Waals surface area (Å²) in [7, 11) is 0. The zero-order chi connectivity index (χ0) is 15.8. The number of hydrogen-bond donors (Lipinski definition) is 2. The van der Waals surface area contributed by atoms with E-state index in [1.807, 2.05) is 25.1 Å². The largest absolute Gasteiger partial charge is 0.370 e. The summed E-state index contributed by atoms with van der Waals surface area (Å²) in [5, 5.41) is 3.24. The molecule has 0 aliphatic rings. The van der Waals surface area contributed by atoms with Crippen molar-refractivity contribution >= 4 is 11.4 Å². The highest BCUT2D eigenvalue weighted by Crippen LogP contribution is 2.24. The molecule has 0 bridgehead atoms. The Kier molecular flexibility index (Phi) is 5.89. The molecule has 2 aromatic rings. The third-order valence-corrected chi connectivity index (χ3v) is 3.25. The summed E-state index contributed by atoms with van der Waals surface area (Å²) < 4.78 is 13.9. The molecule has 0 spiro atoms. The van der Waals surface area contributed by atoms with Crippen molar-refractivity contribution in [3.8, 4) is 0 Å². The predicted molar refractivity (Wildman–Crippen MR) is 88.2 cm³/mol. The zero-order valence-electron chi connectivity index (χ0n) is 12.9. The molecule has 2 rings (SSSR count). The van der Waals surface area contributed by atoms with Crippen LogP contribution in [0.15, 0.2) is 48.8 Å². The monoisotopic (exact) mass is 300 g/mol. The minimum absolute atomic E-state index is 0.219. The average molecular weight is 300 g/mol. The highest BCUT2D eigenvalue weighted by atomic mass is 19.1. The number of allylic oxidation sites excluding steroid dienone is 4. The number of nitrogens with zero attached hydrogens (tertiary/aromatic N) is 2. The van der Waals surface area contributed by atoms with Gasteiger partial charge in [0, 0.05) is 42.2 Å². The lowest BCUT2D eigenvalue weighted by Crippen LogP contribution is -2.06. The van der Waals surface area contributed by atoms with E-state index in [4.69, 9.17) is 0 Å². The van der Waals surface area contributed by atoms with Crippen LogP contribution in [0, 0.1) is 0 Å². The molecule has 0 amide bonds. The van der Waals surface area contributed by atoms with Crippen molar-refractivity contribution in [3.05, 3.63) is 60.1 Å². The Morgan fingerprint density at radius 3 is 2.82 bits per heavy atom. The third-order valence-electron chi connectivity index (χ3n) is 3.25. The van der Waals surface area contributed by atoms with E-state index < -0.39 is 0 Å². The van der Waals surface area contributed by atoms with Crippen LogP contribution in [-0.2, 0) is 6.42 Å². The van der Waals surface area contributed by atoms with Gasteiger partial charge in [0.25, 0.3) is 0 Å². The van der Waals surface area contributed by atoms with Gasteiger partial charge < -0.3 is 10.3 Å². The first-order valence-corrected chi connectivity index (χ1v) is 7.44. The van der Waals surface area contributed by atoms with E-state index in [2.05, 4.69) is 20.3 Å². The van der Waals surface area contributed by atoms with Gasteiger partial charge in [0.05, 0.1) is 6.33 Å². The maximum Gasteiger partial charge on any atom is 0.126 e. The Bertz CT molecular complexity index is 627. The molecule has 5 heteroatoms. The molecule has 0 saturated heterocycles. The van der Waals surface area contributed by atoms with Crippen LogP contribution in [0.2, 0.25) is 0 Å². The van der Waals surface area contributed by atoms with Gasteiger partial charge in [0.2, 0.25) is 0 Å². The number of imidazole rings is 1. The summed E-state index contributed by atoms with van der Waals surface area (Å²) >= 11 is 0. The Morgan fingerprint density at radius 2 is 2.23 bits per heavy atom. The van der Waals surface area contributed by atoms with Gasteiger partial charge in [-0.2, -0.15) is 0 Å². The first-order chi connectivity index (χ1) is 10.7. The van der Waals surface area contributed by atoms with Crippen LogP contribution in [0.25, 0.3) is 5.57 Å². The normalized spacial score (nSPS) is 12.5. The van der Waals surface area contributed by atoms with E-state index in [0.717, 1.165) is 36.5 Å². The Hall–Kier alpha value is -2.43. The van der Waals surface area contributed by atoms with Gasteiger partial charge in [-0.3, -0.25) is 0 Å². The summed E-state index contributed by atoms with van der Waals surface area (Å²) in [4.78, 5) is 11.4. The maximum atomic E-state index is 13.9. The number of rotatable bonds is 7. The van der Waals surface area contributed by atoms with Gasteiger partial charge in [-0.25, -0.2) is 14.4 Å². The molecule has 2 aromatic heterocycles. The van der Waals surface area contributed by atoms with Gasteiger partial charge in [0.1, 0.15) is 11.6 Å². The summed E-state index contributed by atoms with van der Waals surface area (Å²) in [6, 6.07) is 3.75. The number of hydrogen-bond acceptors (Lipinski definition) is 3. The molecule has 0 aromatic carbocycles. The summed E-state index contributed by atoms with van der Waals surface area (Å²) in [6.45, 7) is 4.44. The standard InChI is InChI=1S/C17H21FN4/c1-3-5-15(16(18)4-2)13-6-7-17(21-10-13)20-9-8-14-11-19-12-22-14/h4-7,10-12H,3,8-9H2,1-2H3,(H,19,22)(H,20,21)/b15-5-,16-4+. The molecule has 0 atom stereocenters. The van der Waals surface area contributed by atoms with Crippen LogP contribution in [0.4, 0.5) is 10.2 Å². The molecular formula is C17H21FN4. The fourth-order valence-electron chi connectivity index (χ4n) is 2.12. The second kappa shape index (κ2) is 8.12. The minimum atomic E-state index is -0.219. The highest BCUT2D eigenvalue weighted by molar-refractivity contribution is 5.76. The lowest BCUT2D eigenvalue weighted by molar-refractivity contribution is 0.671. The number of aromatic amines is 1. The lowest BCUT2D eigenvalue weighted by atomic mass is 10.1. The average Bonchev–Trinajstić information content (AvgIpc) is 3.06. The minimum Gasteiger partial charge on any atom is -0.370 e. The number of pyridine rings is 1. The Balaban J connectivity index is 1.98. The van der Waals surface area contributed by atoms with Crippen molar-refractivity contribution in [2.75, 3.05) is 11.9 Å². The number of nitrogens with one attached hydrogen (secondary N) is 2. The molecule has 4 nitrogen and oxygen atoms in total. The van der Waals surface area contributed by atoms with Crippen LogP contribution in [0.1, 0.15) is 31.5 Å². The number of aromatic nitrogens is 3. The van der Waals surface area contributed by atoms with Crippen molar-refractivity contribution in [2.24, 2.45) is 0 Å². The molecular weight excluding hydrogens is 279 g/mol. The van der Waals surface area contributed by atoms with Crippen molar-refractivity contribution in [3.63, 3.8) is 0 Å². The van der Waals surface area contributed by atoms with Gasteiger partial charge >= 0.3 is 0 Å². The molecule has 0 aliphatic heterocycles. The molecule has 0 unspecified atom stereocenters. The summed E-state index contributed by atoms with van der Waals surface area (Å²) in [5.74, 6) is 0.559. The van der Waals surface area contributed by atoms with Crippen molar-refractivity contribution in [2.45, 2.75) is 26.7 Å². The highest BCUT2D eigenvalue weighted by Gasteiger charge is 2.07. The number of halogens is 1. The lowest BCUT2D eigenvalue weighted by Gasteiger charge is -2.08. The van der Waals surface area contributed by atoms with Crippen LogP contribution in [-0.4, -0.2) is 21.5 Å². The molecule has 22 heavy (non-hydrogen) atoms. The first-order valence-electron chi connectivity index (χ1n) is 7.44. The molecule has 0 fully saturated rings. The topological polar surface area (TPSA) is 53.6 Å². The van der Waals surface area contributed by atoms with Crippen LogP contribution in [0.5, 0.6) is 0 Å². The Morgan fingerprint density at radius 1 is 1.36 bits per heavy atom. The second-order valence-electron chi connectivity index (χ2n) is 4.85. The first kappa shape index (κ1) is 15.9. The van der Waals surface area contributed by atoms with Crippen molar-refractivity contribution in [1.29, 1.82) is 0 Å². The molecule has 0 radical (unpaired) electrons. The summed E-state index contributed by atoms with van der Waals surface area (Å²) in [6.07, 6.45) is 10.1. The van der Waals surface area contributed by atoms with E-state index in [1.54, 1.807) is 25.6 Å². The van der Waals surface area contributed by atoms with E-state index in [1.165, 1.54) is 6.08 Å². The molecule has 116 valence electrons. The molecule has 2 heterocycles. The van der Waals surface area contributed by atoms with Crippen LogP contribution < -0.4 is 5.32 Å². The predicted octanol–water partition coefficient (Wildman–Crippen LogP) is 4.13. The molecule has 2 N–H and O–H groups in total. The van der Waals surface area contributed by atoms with Crippen molar-refractivity contribution in [1.82, 2.24) is 15.0 Å². The number of H-pyrrole nitrogens is 1. The van der Waals surface area contributed by atoms with Gasteiger partial charge in [-0.15, -0.1) is 0 Å². The van der Waals surface area contributed by atoms with Crippen LogP contribution in [0.3, 0.4) is 0 Å². The molecule has 0 aliphatic carbocycles. The van der Waals surface area contributed by atoms with E-state index in [0.29, 0.717) is 5.57 Å². The van der Waals surface area contributed by atoms with Gasteiger partial charge in [-0.05, 0) is 25.5 Å². The Labute approximate surface area is 130 Å². The third kappa shape index (κ3) is 4.28. The smallest absolute Gasteiger partial charge is 0.126 e. The second-order valence-corrected chi connectivity index (χ2v) is 4.85. The molecule has 0 saturated carbocycles. The van der Waals surface area contributed by atoms with E-state index >= 15 is 0 Å². The quantitative estimate of drug-likeness (QED) is 0.756. The summed E-state index contributed by atoms with van der Waals surface area (Å²) in [5.41, 5.74) is 2.46. The van der Waals surface area contributed by atoms with E-state index in [9.17, 15) is 4.39 Å². The van der Waals surface area contributed by atoms with Crippen LogP contribution >= 0.6 is 0 Å². The zero-order valence-corrected chi connectivity index (χ0v) is 12.9. The van der Waals surface area contributed by atoms with Gasteiger partial charge in [0.15, 0.2) is 0 Å². The number of anilines is 1. The maximum absolute atomic E-state index is 13.9. The fourth-order valence-corrected chi connectivity index (χ4v) is 2.12. The van der Waals surface area contributed by atoms with Crippen molar-refractivity contribution < 1.29 is 4.39 Å². The fraction of sp³-hybridized carbons (Fsp3) is 0.294. The SMILES string of the molecule is C/C=C(F)\C(=C/CC)c1ccc(NCCc2cnc[nH]2)nc1. The van der Waals surface area contributed by atoms with E-state index in [-0.39, 0.29) is 5.83 Å². The van der Waals surface area contributed by atoms with Gasteiger partial charge in [-0.1, -0.05) is 19.1 Å².